The molecular formula is C33H44N6O6S. The predicted octanol–water partition coefficient (Wildman–Crippen LogP) is 2.82. The second-order valence-electron chi connectivity index (χ2n) is 12.2. The van der Waals surface area contributed by atoms with E-state index in [1.165, 1.54) is 6.33 Å². The van der Waals surface area contributed by atoms with Gasteiger partial charge < -0.3 is 29.2 Å². The van der Waals surface area contributed by atoms with E-state index < -0.39 is 32.8 Å². The van der Waals surface area contributed by atoms with E-state index in [0.717, 1.165) is 24.0 Å². The van der Waals surface area contributed by atoms with Crippen LogP contribution in [0.1, 0.15) is 43.7 Å². The molecule has 248 valence electrons. The van der Waals surface area contributed by atoms with Crippen LogP contribution < -0.4 is 14.8 Å². The maximum Gasteiger partial charge on any atom is 0.253 e. The molecule has 0 bridgehead atoms. The van der Waals surface area contributed by atoms with Crippen LogP contribution in [0.15, 0.2) is 67.1 Å². The topological polar surface area (TPSA) is 135 Å². The van der Waals surface area contributed by atoms with Crippen LogP contribution >= 0.6 is 0 Å². The normalized spacial score (nSPS) is 18.2. The fourth-order valence-electron chi connectivity index (χ4n) is 5.99. The molecule has 5 rings (SSSR count). The molecule has 0 aliphatic carbocycles. The Bertz CT molecular complexity index is 1570. The monoisotopic (exact) mass is 652 g/mol. The number of benzene rings is 2. The smallest absolute Gasteiger partial charge is 0.253 e. The zero-order valence-electron chi connectivity index (χ0n) is 26.7. The van der Waals surface area contributed by atoms with Crippen molar-refractivity contribution in [2.45, 2.75) is 56.0 Å². The number of hydrogen-bond donors (Lipinski definition) is 2. The molecule has 3 heterocycles. The number of carbonyl (C=O) groups is 2. The first kappa shape index (κ1) is 33.6. The van der Waals surface area contributed by atoms with Gasteiger partial charge in [0.2, 0.25) is 15.9 Å². The van der Waals surface area contributed by atoms with Gasteiger partial charge in [0.25, 0.3) is 5.91 Å². The van der Waals surface area contributed by atoms with Gasteiger partial charge in [-0.25, -0.2) is 18.1 Å². The fraction of sp³-hybridized carbons (Fsp3) is 0.485. The number of piperidine rings is 1. The van der Waals surface area contributed by atoms with Crippen LogP contribution in [0.2, 0.25) is 0 Å². The summed E-state index contributed by atoms with van der Waals surface area (Å²) in [5.74, 6) is 0.169. The van der Waals surface area contributed by atoms with Crippen molar-refractivity contribution in [3.8, 4) is 5.75 Å². The maximum absolute atomic E-state index is 14.0. The van der Waals surface area contributed by atoms with Crippen LogP contribution in [0.25, 0.3) is 0 Å². The van der Waals surface area contributed by atoms with E-state index in [1.807, 2.05) is 61.3 Å². The predicted molar refractivity (Wildman–Crippen MR) is 175 cm³/mol. The van der Waals surface area contributed by atoms with Crippen molar-refractivity contribution in [2.75, 3.05) is 52.3 Å². The first-order valence-electron chi connectivity index (χ1n) is 15.7. The van der Waals surface area contributed by atoms with Crippen molar-refractivity contribution in [1.82, 2.24) is 24.1 Å². The van der Waals surface area contributed by atoms with Crippen LogP contribution in [0.4, 0.5) is 5.82 Å². The van der Waals surface area contributed by atoms with E-state index in [-0.39, 0.29) is 24.9 Å². The third-order valence-corrected chi connectivity index (χ3v) is 10.9. The number of imidazole rings is 1. The third-order valence-electron chi connectivity index (χ3n) is 8.94. The van der Waals surface area contributed by atoms with Gasteiger partial charge in [0, 0.05) is 19.3 Å². The van der Waals surface area contributed by atoms with Gasteiger partial charge in [-0.2, -0.15) is 0 Å². The number of rotatable bonds is 13. The Morgan fingerprint density at radius 3 is 2.35 bits per heavy atom. The first-order valence-corrected chi connectivity index (χ1v) is 17.3. The Balaban J connectivity index is 1.36. The number of likely N-dealkylation sites (tertiary alicyclic amines) is 2. The molecule has 0 spiro atoms. The summed E-state index contributed by atoms with van der Waals surface area (Å²) in [5.41, 5.74) is 0.484. The summed E-state index contributed by atoms with van der Waals surface area (Å²) in [6, 6.07) is 15.6. The van der Waals surface area contributed by atoms with Crippen LogP contribution in [0.3, 0.4) is 0 Å². The molecule has 1 aromatic heterocycles. The molecule has 0 saturated carbocycles. The molecule has 2 unspecified atom stereocenters. The zero-order valence-corrected chi connectivity index (χ0v) is 27.5. The highest BCUT2D eigenvalue weighted by molar-refractivity contribution is 7.90. The maximum atomic E-state index is 14.0. The number of carbonyl (C=O) groups excluding carboxylic acids is 2. The Kier molecular flexibility index (Phi) is 10.8. The summed E-state index contributed by atoms with van der Waals surface area (Å²) in [4.78, 5) is 36.0. The second kappa shape index (κ2) is 14.8. The summed E-state index contributed by atoms with van der Waals surface area (Å²) in [5, 5.41) is 2.16. The van der Waals surface area contributed by atoms with Gasteiger partial charge in [-0.15, -0.1) is 0 Å². The summed E-state index contributed by atoms with van der Waals surface area (Å²) in [6.45, 7) is 4.54. The van der Waals surface area contributed by atoms with Crippen LogP contribution in [-0.2, 0) is 36.5 Å². The highest BCUT2D eigenvalue weighted by atomic mass is 32.2. The number of aromatic nitrogens is 2. The minimum Gasteiger partial charge on any atom is -0.497 e. The Labute approximate surface area is 271 Å². The van der Waals surface area contributed by atoms with Crippen LogP contribution in [0.5, 0.6) is 5.75 Å². The Morgan fingerprint density at radius 2 is 1.70 bits per heavy atom. The van der Waals surface area contributed by atoms with Gasteiger partial charge in [-0.05, 0) is 76.0 Å². The average molecular weight is 653 g/mol. The van der Waals surface area contributed by atoms with Gasteiger partial charge in [0.05, 0.1) is 31.9 Å². The molecule has 3 aromatic rings. The van der Waals surface area contributed by atoms with Gasteiger partial charge in [-0.1, -0.05) is 42.5 Å². The van der Waals surface area contributed by atoms with E-state index in [4.69, 9.17) is 9.47 Å². The van der Waals surface area contributed by atoms with Crippen LogP contribution in [0, 0.1) is 0 Å². The average Bonchev–Trinajstić information content (AvgIpc) is 3.78. The van der Waals surface area contributed by atoms with Crippen molar-refractivity contribution >= 4 is 27.7 Å². The summed E-state index contributed by atoms with van der Waals surface area (Å²) >= 11 is 0. The number of anilines is 1. The van der Waals surface area contributed by atoms with E-state index in [9.17, 15) is 18.0 Å². The van der Waals surface area contributed by atoms with Gasteiger partial charge in [0.15, 0.2) is 5.82 Å². The SMILES string of the molecule is COc1ccc(C(C)(C(=O)N2CCCC2)n2cnc(NC(=O)C(COCc3ccccc3)NS(=O)(=O)C3CCN(C)CC3)c2)cc1. The highest BCUT2D eigenvalue weighted by Gasteiger charge is 2.41. The van der Waals surface area contributed by atoms with Gasteiger partial charge in [-0.3, -0.25) is 9.59 Å². The van der Waals surface area contributed by atoms with Crippen molar-refractivity contribution < 1.29 is 27.5 Å². The lowest BCUT2D eigenvalue weighted by Gasteiger charge is -2.34. The largest absolute Gasteiger partial charge is 0.497 e. The standard InChI is InChI=1S/C33H44N6O6S/c1-33(32(41)38-17-7-8-18-38,26-11-13-27(44-3)14-12-26)39-21-30(34-24-39)35-31(40)29(23-45-22-25-9-5-4-6-10-25)36-46(42,43)28-15-19-37(2)20-16-28/h4-6,9-14,21,24,28-29,36H,7-8,15-20,22-23H2,1-3H3,(H,35,40). The minimum absolute atomic E-state index is 0.0801. The minimum atomic E-state index is -3.82. The first-order chi connectivity index (χ1) is 22.1. The van der Waals surface area contributed by atoms with E-state index in [1.54, 1.807) is 30.0 Å². The van der Waals surface area contributed by atoms with Crippen LogP contribution in [-0.4, -0.2) is 97.8 Å². The highest BCUT2D eigenvalue weighted by Crippen LogP contribution is 2.32. The number of methoxy groups -OCH3 is 1. The quantitative estimate of drug-likeness (QED) is 0.288. The molecule has 2 fully saturated rings. The number of hydrogen-bond acceptors (Lipinski definition) is 8. The van der Waals surface area contributed by atoms with E-state index in [0.29, 0.717) is 44.8 Å². The molecule has 2 amide bonds. The molecule has 2 aromatic carbocycles. The van der Waals surface area contributed by atoms with Crippen molar-refractivity contribution in [2.24, 2.45) is 0 Å². The second-order valence-corrected chi connectivity index (χ2v) is 14.2. The lowest BCUT2D eigenvalue weighted by Crippen LogP contribution is -2.51. The Morgan fingerprint density at radius 1 is 1.02 bits per heavy atom. The van der Waals surface area contributed by atoms with E-state index in [2.05, 4.69) is 19.9 Å². The van der Waals surface area contributed by atoms with Gasteiger partial charge in [0.1, 0.15) is 17.3 Å². The molecule has 2 aliphatic heterocycles. The lowest BCUT2D eigenvalue weighted by atomic mass is 9.90. The molecule has 2 aliphatic rings. The van der Waals surface area contributed by atoms with Gasteiger partial charge >= 0.3 is 0 Å². The number of sulfonamides is 1. The fourth-order valence-corrected chi connectivity index (χ4v) is 7.59. The number of nitrogens with one attached hydrogen (secondary N) is 2. The summed E-state index contributed by atoms with van der Waals surface area (Å²) < 4.78 is 42.3. The van der Waals surface area contributed by atoms with Crippen molar-refractivity contribution in [1.29, 1.82) is 0 Å². The molecular weight excluding hydrogens is 608 g/mol. The number of ether oxygens (including phenoxy) is 2. The lowest BCUT2D eigenvalue weighted by molar-refractivity contribution is -0.137. The number of amides is 2. The molecule has 13 heteroatoms. The zero-order chi connectivity index (χ0) is 32.7. The molecule has 2 N–H and O–H groups in total. The summed E-state index contributed by atoms with van der Waals surface area (Å²) in [6.07, 6.45) is 5.95. The third kappa shape index (κ3) is 7.77. The summed E-state index contributed by atoms with van der Waals surface area (Å²) in [7, 11) is -0.277. The number of nitrogens with zero attached hydrogens (tertiary/aromatic N) is 4. The Hall–Kier alpha value is -3.78. The van der Waals surface area contributed by atoms with E-state index >= 15 is 0 Å². The molecule has 2 atom stereocenters. The molecule has 0 radical (unpaired) electrons. The molecule has 46 heavy (non-hydrogen) atoms. The molecule has 12 nitrogen and oxygen atoms in total. The molecule has 2 saturated heterocycles. The van der Waals surface area contributed by atoms with Crippen molar-refractivity contribution in [3.05, 3.63) is 78.2 Å². The van der Waals surface area contributed by atoms with Crippen molar-refractivity contribution in [3.63, 3.8) is 0 Å².